The van der Waals surface area contributed by atoms with E-state index in [1.807, 2.05) is 0 Å². The van der Waals surface area contributed by atoms with E-state index in [0.717, 1.165) is 37.2 Å². The fraction of sp³-hybridized carbons (Fsp3) is 0.571. The maximum absolute atomic E-state index is 6.69. The lowest BCUT2D eigenvalue weighted by Gasteiger charge is -2.21. The van der Waals surface area contributed by atoms with E-state index in [9.17, 15) is 0 Å². The van der Waals surface area contributed by atoms with Crippen molar-refractivity contribution in [3.05, 3.63) is 58.7 Å². The van der Waals surface area contributed by atoms with Crippen molar-refractivity contribution in [2.24, 2.45) is 23.7 Å². The zero-order valence-electron chi connectivity index (χ0n) is 20.0. The second-order valence-corrected chi connectivity index (χ2v) is 10.3. The predicted molar refractivity (Wildman–Crippen MR) is 127 cm³/mol. The molecule has 0 heterocycles. The number of benzene rings is 2. The first-order valence-corrected chi connectivity index (χ1v) is 11.6. The first-order chi connectivity index (χ1) is 13.7. The van der Waals surface area contributed by atoms with Crippen molar-refractivity contribution in [1.29, 1.82) is 0 Å². The summed E-state index contributed by atoms with van der Waals surface area (Å²) in [5, 5.41) is 0. The molecule has 0 atom stereocenters. The summed E-state index contributed by atoms with van der Waals surface area (Å²) < 4.78 is 6.69. The van der Waals surface area contributed by atoms with Crippen LogP contribution in [0.25, 0.3) is 0 Å². The van der Waals surface area contributed by atoms with Crippen LogP contribution in [-0.4, -0.2) is 0 Å². The van der Waals surface area contributed by atoms with Gasteiger partial charge in [0, 0.05) is 0 Å². The Morgan fingerprint density at radius 3 is 1.17 bits per heavy atom. The molecule has 0 aromatic heterocycles. The minimum Gasteiger partial charge on any atom is -0.457 e. The second-order valence-electron chi connectivity index (χ2n) is 10.3. The molecular formula is C28H42O. The summed E-state index contributed by atoms with van der Waals surface area (Å²) in [6.45, 7) is 18.4. The van der Waals surface area contributed by atoms with Crippen LogP contribution in [0.5, 0.6) is 11.5 Å². The normalized spacial score (nSPS) is 11.9. The molecule has 2 rings (SSSR count). The molecule has 160 valence electrons. The van der Waals surface area contributed by atoms with Gasteiger partial charge in [-0.2, -0.15) is 0 Å². The maximum atomic E-state index is 6.69. The lowest BCUT2D eigenvalue weighted by atomic mass is 9.91. The molecule has 2 aromatic carbocycles. The molecular weight excluding hydrogens is 352 g/mol. The van der Waals surface area contributed by atoms with Gasteiger partial charge in [-0.1, -0.05) is 79.7 Å². The van der Waals surface area contributed by atoms with Crippen molar-refractivity contribution in [2.45, 2.75) is 81.1 Å². The molecule has 0 aliphatic heterocycles. The Morgan fingerprint density at radius 1 is 0.517 bits per heavy atom. The third kappa shape index (κ3) is 7.21. The molecule has 0 spiro atoms. The van der Waals surface area contributed by atoms with Crippen LogP contribution in [0.2, 0.25) is 0 Å². The van der Waals surface area contributed by atoms with Crippen molar-refractivity contribution in [3.63, 3.8) is 0 Å². The molecule has 0 fully saturated rings. The molecule has 0 amide bonds. The van der Waals surface area contributed by atoms with Crippen LogP contribution in [0.1, 0.15) is 77.6 Å². The van der Waals surface area contributed by atoms with Gasteiger partial charge in [0.05, 0.1) is 0 Å². The van der Waals surface area contributed by atoms with Gasteiger partial charge in [0.15, 0.2) is 0 Å². The molecule has 0 radical (unpaired) electrons. The first kappa shape index (κ1) is 23.5. The van der Waals surface area contributed by atoms with Crippen molar-refractivity contribution in [1.82, 2.24) is 0 Å². The van der Waals surface area contributed by atoms with E-state index < -0.39 is 0 Å². The van der Waals surface area contributed by atoms with E-state index in [0.29, 0.717) is 23.7 Å². The lowest BCUT2D eigenvalue weighted by Crippen LogP contribution is -2.08. The van der Waals surface area contributed by atoms with Crippen LogP contribution in [0.4, 0.5) is 0 Å². The summed E-state index contributed by atoms with van der Waals surface area (Å²) in [5.41, 5.74) is 5.66. The molecule has 0 aliphatic rings. The van der Waals surface area contributed by atoms with Gasteiger partial charge < -0.3 is 4.74 Å². The largest absolute Gasteiger partial charge is 0.457 e. The van der Waals surface area contributed by atoms with Crippen LogP contribution in [0.15, 0.2) is 36.4 Å². The molecule has 0 N–H and O–H groups in total. The topological polar surface area (TPSA) is 9.23 Å². The van der Waals surface area contributed by atoms with E-state index in [1.54, 1.807) is 0 Å². The highest BCUT2D eigenvalue weighted by Crippen LogP contribution is 2.35. The van der Waals surface area contributed by atoms with Gasteiger partial charge in [-0.25, -0.2) is 0 Å². The summed E-state index contributed by atoms with van der Waals surface area (Å²) in [7, 11) is 0. The van der Waals surface area contributed by atoms with Crippen LogP contribution < -0.4 is 4.74 Å². The molecule has 2 aromatic rings. The Kier molecular flexibility index (Phi) is 8.80. The third-order valence-corrected chi connectivity index (χ3v) is 5.16. The maximum Gasteiger partial charge on any atom is 0.130 e. The highest BCUT2D eigenvalue weighted by Gasteiger charge is 2.17. The van der Waals surface area contributed by atoms with E-state index >= 15 is 0 Å². The van der Waals surface area contributed by atoms with Crippen LogP contribution >= 0.6 is 0 Å². The first-order valence-electron chi connectivity index (χ1n) is 11.6. The lowest BCUT2D eigenvalue weighted by molar-refractivity contribution is 0.455. The SMILES string of the molecule is CC(C)Cc1cccc(Oc2cccc(CC(C)C)c2CC(C)C)c1CC(C)C. The Hall–Kier alpha value is -1.76. The molecule has 1 heteroatoms. The van der Waals surface area contributed by atoms with Gasteiger partial charge in [0.25, 0.3) is 0 Å². The molecule has 1 nitrogen and oxygen atoms in total. The van der Waals surface area contributed by atoms with E-state index in [1.165, 1.54) is 22.3 Å². The fourth-order valence-electron chi connectivity index (χ4n) is 4.07. The molecule has 0 saturated carbocycles. The number of hydrogen-bond acceptors (Lipinski definition) is 1. The molecule has 29 heavy (non-hydrogen) atoms. The quantitative estimate of drug-likeness (QED) is 0.394. The van der Waals surface area contributed by atoms with Crippen LogP contribution in [0.3, 0.4) is 0 Å². The van der Waals surface area contributed by atoms with Crippen molar-refractivity contribution >= 4 is 0 Å². The molecule has 0 bridgehead atoms. The highest BCUT2D eigenvalue weighted by molar-refractivity contribution is 5.47. The Balaban J connectivity index is 2.49. The van der Waals surface area contributed by atoms with Crippen molar-refractivity contribution in [3.8, 4) is 11.5 Å². The number of hydrogen-bond donors (Lipinski definition) is 0. The number of rotatable bonds is 10. The average Bonchev–Trinajstić information content (AvgIpc) is 2.58. The van der Waals surface area contributed by atoms with E-state index in [2.05, 4.69) is 91.8 Å². The van der Waals surface area contributed by atoms with Crippen LogP contribution in [0, 0.1) is 23.7 Å². The summed E-state index contributed by atoms with van der Waals surface area (Å²) in [6.07, 6.45) is 4.32. The standard InChI is InChI=1S/C28H42O/c1-19(2)15-23-11-9-13-27(25(23)17-21(5)6)29-28-14-10-12-24(16-20(3)4)26(28)18-22(7)8/h9-14,19-22H,15-18H2,1-8H3. The Bertz CT molecular complexity index is 702. The van der Waals surface area contributed by atoms with Gasteiger partial charge in [0.2, 0.25) is 0 Å². The third-order valence-electron chi connectivity index (χ3n) is 5.16. The average molecular weight is 395 g/mol. The van der Waals surface area contributed by atoms with Gasteiger partial charge in [-0.15, -0.1) is 0 Å². The minimum atomic E-state index is 0.605. The van der Waals surface area contributed by atoms with E-state index in [-0.39, 0.29) is 0 Å². The summed E-state index contributed by atoms with van der Waals surface area (Å²) in [4.78, 5) is 0. The zero-order chi connectivity index (χ0) is 21.6. The smallest absolute Gasteiger partial charge is 0.130 e. The van der Waals surface area contributed by atoms with Crippen LogP contribution in [-0.2, 0) is 25.7 Å². The minimum absolute atomic E-state index is 0.605. The highest BCUT2D eigenvalue weighted by atomic mass is 16.5. The Labute approximate surface area is 179 Å². The second kappa shape index (κ2) is 10.9. The van der Waals surface area contributed by atoms with Crippen molar-refractivity contribution in [2.75, 3.05) is 0 Å². The number of ether oxygens (including phenoxy) is 1. The van der Waals surface area contributed by atoms with Gasteiger partial charge in [-0.05, 0) is 83.7 Å². The summed E-state index contributed by atoms with van der Waals surface area (Å²) in [5.74, 6) is 4.58. The zero-order valence-corrected chi connectivity index (χ0v) is 20.0. The predicted octanol–water partition coefficient (Wildman–Crippen LogP) is 8.27. The van der Waals surface area contributed by atoms with Gasteiger partial charge >= 0.3 is 0 Å². The summed E-state index contributed by atoms with van der Waals surface area (Å²) >= 11 is 0. The summed E-state index contributed by atoms with van der Waals surface area (Å²) in [6, 6.07) is 13.2. The van der Waals surface area contributed by atoms with Gasteiger partial charge in [0.1, 0.15) is 11.5 Å². The Morgan fingerprint density at radius 2 is 0.862 bits per heavy atom. The molecule has 0 aliphatic carbocycles. The monoisotopic (exact) mass is 394 g/mol. The van der Waals surface area contributed by atoms with Gasteiger partial charge in [-0.3, -0.25) is 0 Å². The van der Waals surface area contributed by atoms with Crippen molar-refractivity contribution < 1.29 is 4.74 Å². The van der Waals surface area contributed by atoms with E-state index in [4.69, 9.17) is 4.74 Å². The molecule has 0 saturated heterocycles. The fourth-order valence-corrected chi connectivity index (χ4v) is 4.07. The molecule has 0 unspecified atom stereocenters.